The van der Waals surface area contributed by atoms with Gasteiger partial charge in [0.15, 0.2) is 11.6 Å². The molecule has 0 aromatic carbocycles. The highest BCUT2D eigenvalue weighted by molar-refractivity contribution is 6.06. The van der Waals surface area contributed by atoms with E-state index in [1.807, 2.05) is 12.2 Å². The Bertz CT molecular complexity index is 1330. The van der Waals surface area contributed by atoms with Crippen LogP contribution in [0.5, 0.6) is 0 Å². The smallest absolute Gasteiger partial charge is 0.321 e. The molecule has 40 heavy (non-hydrogen) atoms. The molecule has 0 unspecified atom stereocenters. The number of alkyl halides is 2. The molecule has 1 spiro atoms. The Morgan fingerprint density at radius 3 is 2.27 bits per heavy atom. The van der Waals surface area contributed by atoms with Gasteiger partial charge in [0, 0.05) is 29.2 Å². The van der Waals surface area contributed by atoms with Gasteiger partial charge in [0.25, 0.3) is 5.91 Å². The number of Topliss-reactive ketones (excluding diaryl/α,β-unsaturated/α-hetero) is 1. The van der Waals surface area contributed by atoms with Crippen LogP contribution in [0.4, 0.5) is 8.78 Å². The van der Waals surface area contributed by atoms with Crippen LogP contribution in [0.1, 0.15) is 99.3 Å². The fraction of sp³-hybridized carbons (Fsp3) is 0.758. The van der Waals surface area contributed by atoms with Crippen molar-refractivity contribution < 1.29 is 23.2 Å². The molecule has 6 aliphatic carbocycles. The van der Waals surface area contributed by atoms with Gasteiger partial charge in [0.2, 0.25) is 0 Å². The van der Waals surface area contributed by atoms with E-state index in [1.54, 1.807) is 0 Å². The molecule has 0 heterocycles. The Morgan fingerprint density at radius 1 is 1.02 bits per heavy atom. The lowest BCUT2D eigenvalue weighted by molar-refractivity contribution is -0.168. The first-order chi connectivity index (χ1) is 18.4. The summed E-state index contributed by atoms with van der Waals surface area (Å²) in [5.41, 5.74) is -1.50. The average Bonchev–Trinajstić information content (AvgIpc) is 3.64. The lowest BCUT2D eigenvalue weighted by Gasteiger charge is -2.69. The van der Waals surface area contributed by atoms with Crippen LogP contribution in [0.3, 0.4) is 0 Å². The number of allylic oxidation sites excluding steroid dienone is 4. The van der Waals surface area contributed by atoms with Crippen LogP contribution in [0.2, 0.25) is 0 Å². The first kappa shape index (κ1) is 27.8. The summed E-state index contributed by atoms with van der Waals surface area (Å²) < 4.78 is 28.3. The fourth-order valence-electron chi connectivity index (χ4n) is 10.6. The van der Waals surface area contributed by atoms with Crippen LogP contribution in [0.15, 0.2) is 23.3 Å². The summed E-state index contributed by atoms with van der Waals surface area (Å²) >= 11 is 0. The van der Waals surface area contributed by atoms with Crippen molar-refractivity contribution in [1.82, 2.24) is 5.32 Å². The monoisotopic (exact) mass is 552 g/mol. The number of ketones is 2. The van der Waals surface area contributed by atoms with E-state index in [9.17, 15) is 28.4 Å². The lowest BCUT2D eigenvalue weighted by Crippen LogP contribution is -2.70. The van der Waals surface area contributed by atoms with Crippen LogP contribution in [-0.4, -0.2) is 28.9 Å². The van der Waals surface area contributed by atoms with E-state index in [-0.39, 0.29) is 39.8 Å². The fourth-order valence-corrected chi connectivity index (χ4v) is 10.6. The zero-order chi connectivity index (χ0) is 29.3. The van der Waals surface area contributed by atoms with Crippen LogP contribution in [0.25, 0.3) is 0 Å². The van der Waals surface area contributed by atoms with E-state index in [0.717, 1.165) is 37.7 Å². The molecule has 4 fully saturated rings. The molecule has 6 aliphatic rings. The third-order valence-electron chi connectivity index (χ3n) is 13.1. The minimum absolute atomic E-state index is 0.00906. The Balaban J connectivity index is 1.49. The molecule has 0 saturated heterocycles. The number of nitriles is 1. The van der Waals surface area contributed by atoms with Gasteiger partial charge < -0.3 is 5.32 Å². The molecule has 6 rings (SSSR count). The molecule has 216 valence electrons. The van der Waals surface area contributed by atoms with Crippen molar-refractivity contribution in [2.24, 2.45) is 44.8 Å². The highest BCUT2D eigenvalue weighted by Gasteiger charge is 2.72. The standard InChI is InChI=1S/C33H42F2N2O3/c1-27(2)9-13-33(37-26(40)31(6,34)35)14-10-30(5)24(20(33)17-27)21(38)15-23-28(3)16-19(18-36)25(39)32(11-12-32)22(28)7-8-29(23,30)4/h15-16,20,22,24H,7-14,17H2,1-6H3,(H,37,40)/t20-,22+,24-,28-,29+,30+,33-/m0/s1. The molecular formula is C33H42F2N2O3. The zero-order valence-electron chi connectivity index (χ0n) is 24.7. The summed E-state index contributed by atoms with van der Waals surface area (Å²) in [4.78, 5) is 40.4. The van der Waals surface area contributed by atoms with Crippen molar-refractivity contribution >= 4 is 17.5 Å². The number of amides is 1. The van der Waals surface area contributed by atoms with Crippen LogP contribution < -0.4 is 5.32 Å². The van der Waals surface area contributed by atoms with Gasteiger partial charge in [-0.2, -0.15) is 14.0 Å². The number of rotatable bonds is 2. The summed E-state index contributed by atoms with van der Waals surface area (Å²) in [6.07, 6.45) is 10.2. The summed E-state index contributed by atoms with van der Waals surface area (Å²) in [6.45, 7) is 11.6. The summed E-state index contributed by atoms with van der Waals surface area (Å²) in [7, 11) is 0. The lowest BCUT2D eigenvalue weighted by atomic mass is 9.35. The number of hydrogen-bond donors (Lipinski definition) is 1. The first-order valence-corrected chi connectivity index (χ1v) is 15.0. The minimum atomic E-state index is -3.49. The predicted molar refractivity (Wildman–Crippen MR) is 146 cm³/mol. The zero-order valence-corrected chi connectivity index (χ0v) is 24.7. The maximum Gasteiger partial charge on any atom is 0.321 e. The van der Waals surface area contributed by atoms with Crippen molar-refractivity contribution in [1.29, 1.82) is 5.26 Å². The molecule has 7 atom stereocenters. The Morgan fingerprint density at radius 2 is 1.68 bits per heavy atom. The maximum absolute atomic E-state index is 14.4. The van der Waals surface area contributed by atoms with Crippen LogP contribution in [-0.2, 0) is 14.4 Å². The number of hydrogen-bond acceptors (Lipinski definition) is 4. The summed E-state index contributed by atoms with van der Waals surface area (Å²) in [5.74, 6) is -5.34. The first-order valence-electron chi connectivity index (χ1n) is 15.0. The largest absolute Gasteiger partial charge is 0.345 e. The third kappa shape index (κ3) is 3.37. The molecule has 0 bridgehead atoms. The SMILES string of the molecule is CC1(C)CC[C@]2(NC(=O)C(C)(F)F)CC[C@]3(C)[C@H](C(=O)C=C4[C@@]5(C)C=C(C#N)C(=O)C6(CC6)[C@@H]5CC[C@]43C)[C@@H]2C1. The molecule has 4 saturated carbocycles. The van der Waals surface area contributed by atoms with Crippen molar-refractivity contribution in [3.05, 3.63) is 23.3 Å². The highest BCUT2D eigenvalue weighted by Crippen LogP contribution is 2.76. The highest BCUT2D eigenvalue weighted by atomic mass is 19.3. The van der Waals surface area contributed by atoms with Gasteiger partial charge in [-0.05, 0) is 91.9 Å². The predicted octanol–water partition coefficient (Wildman–Crippen LogP) is 6.48. The molecule has 5 nitrogen and oxygen atoms in total. The second-order valence-corrected chi connectivity index (χ2v) is 15.7. The van der Waals surface area contributed by atoms with E-state index in [4.69, 9.17) is 0 Å². The van der Waals surface area contributed by atoms with Crippen LogP contribution in [0, 0.1) is 56.2 Å². The summed E-state index contributed by atoms with van der Waals surface area (Å²) in [5, 5.41) is 12.7. The maximum atomic E-state index is 14.4. The topological polar surface area (TPSA) is 87.0 Å². The minimum Gasteiger partial charge on any atom is -0.345 e. The number of carbonyl (C=O) groups excluding carboxylic acids is 3. The van der Waals surface area contributed by atoms with Crippen molar-refractivity contribution in [2.75, 3.05) is 0 Å². The van der Waals surface area contributed by atoms with Crippen molar-refractivity contribution in [3.63, 3.8) is 0 Å². The van der Waals surface area contributed by atoms with Crippen LogP contribution >= 0.6 is 0 Å². The van der Waals surface area contributed by atoms with Gasteiger partial charge in [-0.25, -0.2) is 0 Å². The van der Waals surface area contributed by atoms with Gasteiger partial charge in [-0.15, -0.1) is 0 Å². The number of fused-ring (bicyclic) bond motifs is 8. The molecule has 1 N–H and O–H groups in total. The number of carbonyl (C=O) groups is 3. The van der Waals surface area contributed by atoms with Gasteiger partial charge in [-0.3, -0.25) is 14.4 Å². The number of halogens is 2. The van der Waals surface area contributed by atoms with E-state index in [0.29, 0.717) is 32.6 Å². The molecule has 7 heteroatoms. The molecule has 0 aliphatic heterocycles. The second-order valence-electron chi connectivity index (χ2n) is 15.7. The Kier molecular flexibility index (Phi) is 5.51. The van der Waals surface area contributed by atoms with Gasteiger partial charge >= 0.3 is 5.92 Å². The van der Waals surface area contributed by atoms with Gasteiger partial charge in [0.1, 0.15) is 6.07 Å². The molecule has 0 radical (unpaired) electrons. The van der Waals surface area contributed by atoms with Gasteiger partial charge in [-0.1, -0.05) is 46.3 Å². The quantitative estimate of drug-likeness (QED) is 0.425. The van der Waals surface area contributed by atoms with Crippen molar-refractivity contribution in [3.8, 4) is 6.07 Å². The Labute approximate surface area is 236 Å². The van der Waals surface area contributed by atoms with E-state index in [1.165, 1.54) is 0 Å². The molecular weight excluding hydrogens is 510 g/mol. The molecule has 0 aromatic heterocycles. The summed E-state index contributed by atoms with van der Waals surface area (Å²) in [6, 6.07) is 2.17. The van der Waals surface area contributed by atoms with E-state index >= 15 is 0 Å². The third-order valence-corrected chi connectivity index (χ3v) is 13.1. The van der Waals surface area contributed by atoms with Gasteiger partial charge in [0.05, 0.1) is 5.57 Å². The molecule has 1 amide bonds. The van der Waals surface area contributed by atoms with Crippen molar-refractivity contribution in [2.45, 2.75) is 111 Å². The number of nitrogens with one attached hydrogen (secondary N) is 1. The normalized spacial score (nSPS) is 44.6. The molecule has 0 aromatic rings. The van der Waals surface area contributed by atoms with E-state index < -0.39 is 39.5 Å². The van der Waals surface area contributed by atoms with E-state index in [2.05, 4.69) is 46.0 Å². The average molecular weight is 553 g/mol. The number of nitrogens with zero attached hydrogens (tertiary/aromatic N) is 1. The Hall–Kier alpha value is -2.36. The second kappa shape index (κ2) is 7.92.